The highest BCUT2D eigenvalue weighted by Crippen LogP contribution is 2.40. The van der Waals surface area contributed by atoms with E-state index in [-0.39, 0.29) is 24.3 Å². The van der Waals surface area contributed by atoms with Crippen LogP contribution in [0.1, 0.15) is 37.9 Å². The lowest BCUT2D eigenvalue weighted by atomic mass is 10.0. The number of anilines is 1. The van der Waals surface area contributed by atoms with Gasteiger partial charge in [0.1, 0.15) is 17.2 Å². The first-order valence-corrected chi connectivity index (χ1v) is 9.62. The summed E-state index contributed by atoms with van der Waals surface area (Å²) in [6.45, 7) is 4.07. The van der Waals surface area contributed by atoms with Gasteiger partial charge in [-0.1, -0.05) is 29.8 Å². The van der Waals surface area contributed by atoms with Crippen LogP contribution in [0.4, 0.5) is 5.69 Å². The van der Waals surface area contributed by atoms with Gasteiger partial charge in [-0.15, -0.1) is 0 Å². The van der Waals surface area contributed by atoms with Crippen molar-refractivity contribution < 1.29 is 4.79 Å². The van der Waals surface area contributed by atoms with E-state index in [9.17, 15) is 4.79 Å². The normalized spacial score (nSPS) is 25.9. The van der Waals surface area contributed by atoms with Crippen molar-refractivity contribution >= 4 is 22.6 Å². The minimum atomic E-state index is -0.185. The molecule has 0 radical (unpaired) electrons. The van der Waals surface area contributed by atoms with Crippen molar-refractivity contribution in [2.75, 3.05) is 4.90 Å². The zero-order valence-corrected chi connectivity index (χ0v) is 15.6. The second kappa shape index (κ2) is 6.16. The molecule has 2 fully saturated rings. The standard InChI is InChI=1S/C21H23N5O/c1-14-10-12-16(13-11-14)25-19-8-5-9-20(24(19)15(2)21(25)27)26-22-17-6-3-4-7-18(17)23-26/h3-4,6-7,10-13,15,19-20H,5,8-9H2,1-2H3/t15-,19+,20?/m0/s1. The minimum Gasteiger partial charge on any atom is -0.295 e. The number of hydrogen-bond acceptors (Lipinski definition) is 4. The lowest BCUT2D eigenvalue weighted by Crippen LogP contribution is -2.47. The summed E-state index contributed by atoms with van der Waals surface area (Å²) in [6, 6.07) is 16.0. The van der Waals surface area contributed by atoms with Crippen molar-refractivity contribution in [2.24, 2.45) is 0 Å². The topological polar surface area (TPSA) is 54.3 Å². The molecule has 6 heteroatoms. The molecule has 0 saturated carbocycles. The molecule has 1 unspecified atom stereocenters. The Balaban J connectivity index is 1.53. The summed E-state index contributed by atoms with van der Waals surface area (Å²) < 4.78 is 0. The average molecular weight is 361 g/mol. The van der Waals surface area contributed by atoms with E-state index in [1.807, 2.05) is 53.0 Å². The first-order chi connectivity index (χ1) is 13.1. The Bertz CT molecular complexity index is 962. The quantitative estimate of drug-likeness (QED) is 0.701. The van der Waals surface area contributed by atoms with Gasteiger partial charge >= 0.3 is 0 Å². The number of benzene rings is 2. The molecule has 1 amide bonds. The predicted octanol–water partition coefficient (Wildman–Crippen LogP) is 3.49. The Morgan fingerprint density at radius 2 is 1.56 bits per heavy atom. The van der Waals surface area contributed by atoms with Crippen molar-refractivity contribution in [2.45, 2.75) is 51.5 Å². The molecular formula is C21H23N5O. The van der Waals surface area contributed by atoms with E-state index in [1.54, 1.807) is 0 Å². The van der Waals surface area contributed by atoms with Gasteiger partial charge in [0.2, 0.25) is 5.91 Å². The SMILES string of the molecule is Cc1ccc(N2C(=O)[C@H](C)N3C(n4nc5ccccc5n4)CCC[C@@H]23)cc1. The Hall–Kier alpha value is -2.73. The van der Waals surface area contributed by atoms with Crippen LogP contribution >= 0.6 is 0 Å². The maximum Gasteiger partial charge on any atom is 0.245 e. The second-order valence-electron chi connectivity index (χ2n) is 7.57. The van der Waals surface area contributed by atoms with Crippen LogP contribution in [0.3, 0.4) is 0 Å². The van der Waals surface area contributed by atoms with Gasteiger partial charge in [-0.2, -0.15) is 15.0 Å². The molecule has 0 N–H and O–H groups in total. The van der Waals surface area contributed by atoms with E-state index < -0.39 is 0 Å². The van der Waals surface area contributed by atoms with Crippen LogP contribution < -0.4 is 4.90 Å². The van der Waals surface area contributed by atoms with Crippen LogP contribution in [0.2, 0.25) is 0 Å². The van der Waals surface area contributed by atoms with E-state index in [0.717, 1.165) is 36.0 Å². The van der Waals surface area contributed by atoms with E-state index in [4.69, 9.17) is 10.2 Å². The summed E-state index contributed by atoms with van der Waals surface area (Å²) in [5, 5.41) is 9.40. The molecule has 0 aliphatic carbocycles. The van der Waals surface area contributed by atoms with E-state index in [0.29, 0.717) is 0 Å². The molecule has 3 aromatic rings. The fourth-order valence-electron chi connectivity index (χ4n) is 4.48. The maximum atomic E-state index is 13.1. The molecular weight excluding hydrogens is 338 g/mol. The number of fused-ring (bicyclic) bond motifs is 2. The zero-order valence-electron chi connectivity index (χ0n) is 15.6. The molecule has 0 bridgehead atoms. The molecule has 2 saturated heterocycles. The summed E-state index contributed by atoms with van der Waals surface area (Å²) in [4.78, 5) is 19.2. The third-order valence-corrected chi connectivity index (χ3v) is 5.83. The van der Waals surface area contributed by atoms with Crippen LogP contribution in [0, 0.1) is 6.92 Å². The summed E-state index contributed by atoms with van der Waals surface area (Å²) in [5.41, 5.74) is 3.97. The average Bonchev–Trinajstić information content (AvgIpc) is 3.22. The summed E-state index contributed by atoms with van der Waals surface area (Å²) in [6.07, 6.45) is 3.04. The highest BCUT2D eigenvalue weighted by atomic mass is 16.2. The predicted molar refractivity (Wildman–Crippen MR) is 104 cm³/mol. The second-order valence-corrected chi connectivity index (χ2v) is 7.57. The number of aryl methyl sites for hydroxylation is 1. The Morgan fingerprint density at radius 3 is 2.22 bits per heavy atom. The van der Waals surface area contributed by atoms with Crippen LogP contribution in [0.25, 0.3) is 11.0 Å². The van der Waals surface area contributed by atoms with Crippen molar-refractivity contribution in [3.63, 3.8) is 0 Å². The Kier molecular flexibility index (Phi) is 3.75. The number of carbonyl (C=O) groups is 1. The van der Waals surface area contributed by atoms with Gasteiger partial charge in [0.15, 0.2) is 0 Å². The molecule has 0 spiro atoms. The van der Waals surface area contributed by atoms with Crippen LogP contribution in [0.5, 0.6) is 0 Å². The van der Waals surface area contributed by atoms with Crippen molar-refractivity contribution in [1.82, 2.24) is 19.9 Å². The van der Waals surface area contributed by atoms with Gasteiger partial charge < -0.3 is 0 Å². The summed E-state index contributed by atoms with van der Waals surface area (Å²) in [5.74, 6) is 0.160. The Morgan fingerprint density at radius 1 is 0.926 bits per heavy atom. The molecule has 5 rings (SSSR count). The number of piperidine rings is 1. The largest absolute Gasteiger partial charge is 0.295 e. The molecule has 3 heterocycles. The van der Waals surface area contributed by atoms with E-state index in [2.05, 4.69) is 24.0 Å². The van der Waals surface area contributed by atoms with Crippen LogP contribution in [-0.4, -0.2) is 38.0 Å². The van der Waals surface area contributed by atoms with Gasteiger partial charge in [0.05, 0.1) is 12.2 Å². The van der Waals surface area contributed by atoms with Gasteiger partial charge in [-0.3, -0.25) is 9.69 Å². The fourth-order valence-corrected chi connectivity index (χ4v) is 4.48. The molecule has 138 valence electrons. The molecule has 2 aliphatic rings. The van der Waals surface area contributed by atoms with Crippen LogP contribution in [-0.2, 0) is 4.79 Å². The van der Waals surface area contributed by atoms with E-state index >= 15 is 0 Å². The minimum absolute atomic E-state index is 0.00514. The molecule has 1 aromatic heterocycles. The summed E-state index contributed by atoms with van der Waals surface area (Å²) in [7, 11) is 0. The molecule has 3 atom stereocenters. The molecule has 2 aromatic carbocycles. The first kappa shape index (κ1) is 16.4. The lowest BCUT2D eigenvalue weighted by Gasteiger charge is -2.39. The number of rotatable bonds is 2. The third kappa shape index (κ3) is 2.55. The van der Waals surface area contributed by atoms with E-state index in [1.165, 1.54) is 5.56 Å². The monoisotopic (exact) mass is 361 g/mol. The number of nitrogens with zero attached hydrogens (tertiary/aromatic N) is 5. The lowest BCUT2D eigenvalue weighted by molar-refractivity contribution is -0.120. The fraction of sp³-hybridized carbons (Fsp3) is 0.381. The number of aromatic nitrogens is 3. The van der Waals surface area contributed by atoms with Gasteiger partial charge in [0.25, 0.3) is 0 Å². The maximum absolute atomic E-state index is 13.1. The van der Waals surface area contributed by atoms with Gasteiger partial charge in [-0.25, -0.2) is 4.90 Å². The van der Waals surface area contributed by atoms with Crippen molar-refractivity contribution in [1.29, 1.82) is 0 Å². The van der Waals surface area contributed by atoms with Crippen molar-refractivity contribution in [3.05, 3.63) is 54.1 Å². The Labute approximate surface area is 158 Å². The number of carbonyl (C=O) groups excluding carboxylic acids is 1. The molecule has 27 heavy (non-hydrogen) atoms. The number of hydrogen-bond donors (Lipinski definition) is 0. The molecule has 2 aliphatic heterocycles. The zero-order chi connectivity index (χ0) is 18.5. The number of amides is 1. The highest BCUT2D eigenvalue weighted by Gasteiger charge is 2.50. The van der Waals surface area contributed by atoms with Crippen LogP contribution in [0.15, 0.2) is 48.5 Å². The summed E-state index contributed by atoms with van der Waals surface area (Å²) >= 11 is 0. The molecule has 6 nitrogen and oxygen atoms in total. The highest BCUT2D eigenvalue weighted by molar-refractivity contribution is 5.99. The smallest absolute Gasteiger partial charge is 0.245 e. The third-order valence-electron chi connectivity index (χ3n) is 5.83. The van der Waals surface area contributed by atoms with Gasteiger partial charge in [0, 0.05) is 5.69 Å². The van der Waals surface area contributed by atoms with Crippen molar-refractivity contribution in [3.8, 4) is 0 Å². The first-order valence-electron chi connectivity index (χ1n) is 9.62. The van der Waals surface area contributed by atoms with Gasteiger partial charge in [-0.05, 0) is 57.4 Å².